The molecule has 1 aromatic heterocycles. The van der Waals surface area contributed by atoms with Gasteiger partial charge in [0.1, 0.15) is 11.4 Å². The molecule has 2 amide bonds. The first-order valence-electron chi connectivity index (χ1n) is 10.9. The first kappa shape index (κ1) is 28.3. The van der Waals surface area contributed by atoms with Crippen LogP contribution in [0.5, 0.6) is 5.75 Å². The molecule has 14 heteroatoms. The summed E-state index contributed by atoms with van der Waals surface area (Å²) >= 11 is 0. The summed E-state index contributed by atoms with van der Waals surface area (Å²) < 4.78 is 40.9. The van der Waals surface area contributed by atoms with E-state index in [-0.39, 0.29) is 31.1 Å². The summed E-state index contributed by atoms with van der Waals surface area (Å²) in [7, 11) is 0. The fraction of sp³-hybridized carbons (Fsp3) is 0.364. The largest absolute Gasteiger partial charge is 0.573 e. The van der Waals surface area contributed by atoms with Gasteiger partial charge in [-0.1, -0.05) is 12.1 Å². The molecule has 0 unspecified atom stereocenters. The highest BCUT2D eigenvalue weighted by molar-refractivity contribution is 5.92. The Labute approximate surface area is 205 Å². The normalized spacial score (nSPS) is 11.6. The van der Waals surface area contributed by atoms with E-state index in [0.717, 1.165) is 18.6 Å². The summed E-state index contributed by atoms with van der Waals surface area (Å²) in [5.74, 6) is 4.61. The average Bonchev–Trinajstić information content (AvgIpc) is 2.80. The molecule has 0 spiro atoms. The highest BCUT2D eigenvalue weighted by Crippen LogP contribution is 2.23. The molecule has 1 heterocycles. The number of amides is 2. The zero-order valence-corrected chi connectivity index (χ0v) is 19.3. The first-order chi connectivity index (χ1) is 17.1. The van der Waals surface area contributed by atoms with Crippen molar-refractivity contribution in [1.29, 1.82) is 0 Å². The molecule has 0 saturated heterocycles. The van der Waals surface area contributed by atoms with Crippen LogP contribution in [0.15, 0.2) is 48.3 Å². The van der Waals surface area contributed by atoms with Crippen LogP contribution in [0.25, 0.3) is 0 Å². The maximum absolute atomic E-state index is 12.3. The second kappa shape index (κ2) is 13.8. The Balaban J connectivity index is 1.74. The SMILES string of the molecule is N/C(=C\N(N)CCCCc1ccc(NC(=O)Cc2cccc(OC(F)(F)F)c2)nn1)C(=O)NCCO. The van der Waals surface area contributed by atoms with Crippen LogP contribution in [-0.2, 0) is 22.4 Å². The Morgan fingerprint density at radius 3 is 2.61 bits per heavy atom. The molecule has 1 aromatic carbocycles. The van der Waals surface area contributed by atoms with Crippen LogP contribution in [0.3, 0.4) is 0 Å². The number of hydrazine groups is 1. The highest BCUT2D eigenvalue weighted by Gasteiger charge is 2.31. The lowest BCUT2D eigenvalue weighted by atomic mass is 10.1. The zero-order valence-electron chi connectivity index (χ0n) is 19.3. The van der Waals surface area contributed by atoms with Crippen molar-refractivity contribution in [3.63, 3.8) is 0 Å². The third-order valence-electron chi connectivity index (χ3n) is 4.55. The quantitative estimate of drug-likeness (QED) is 0.114. The number of ether oxygens (including phenoxy) is 1. The predicted molar refractivity (Wildman–Crippen MR) is 124 cm³/mol. The monoisotopic (exact) mass is 511 g/mol. The number of carbonyl (C=O) groups excluding carboxylic acids is 2. The van der Waals surface area contributed by atoms with E-state index < -0.39 is 23.9 Å². The molecule has 36 heavy (non-hydrogen) atoms. The van der Waals surface area contributed by atoms with Gasteiger partial charge in [-0.15, -0.1) is 18.3 Å². The third kappa shape index (κ3) is 11.0. The van der Waals surface area contributed by atoms with Crippen molar-refractivity contribution in [3.05, 3.63) is 59.6 Å². The van der Waals surface area contributed by atoms with Crippen molar-refractivity contribution in [1.82, 2.24) is 20.5 Å². The van der Waals surface area contributed by atoms with Crippen molar-refractivity contribution in [2.45, 2.75) is 32.0 Å². The number of nitrogens with one attached hydrogen (secondary N) is 2. The van der Waals surface area contributed by atoms with Crippen LogP contribution in [0.2, 0.25) is 0 Å². The summed E-state index contributed by atoms with van der Waals surface area (Å²) in [5, 5.41) is 22.9. The number of halogens is 3. The van der Waals surface area contributed by atoms with Crippen LogP contribution in [0.1, 0.15) is 24.1 Å². The molecular weight excluding hydrogens is 483 g/mol. The third-order valence-corrected chi connectivity index (χ3v) is 4.55. The highest BCUT2D eigenvalue weighted by atomic mass is 19.4. The Bertz CT molecular complexity index is 1030. The number of nitrogens with zero attached hydrogens (tertiary/aromatic N) is 3. The Morgan fingerprint density at radius 2 is 1.94 bits per heavy atom. The Morgan fingerprint density at radius 1 is 1.17 bits per heavy atom. The standard InChI is InChI=1S/C22H28F3N7O4/c23-22(24,25)36-17-6-3-4-15(12-17)13-20(34)29-19-8-7-16(30-31-19)5-1-2-10-32(27)14-18(26)21(35)28-9-11-33/h3-4,6-8,12,14,33H,1-2,5,9-11,13,26-27H2,(H,28,35)(H,29,31,34)/b18-14-. The van der Waals surface area contributed by atoms with Gasteiger partial charge in [-0.3, -0.25) is 9.59 Å². The second-order valence-corrected chi connectivity index (χ2v) is 7.59. The van der Waals surface area contributed by atoms with Gasteiger partial charge >= 0.3 is 6.36 Å². The van der Waals surface area contributed by atoms with Gasteiger partial charge in [-0.25, -0.2) is 5.84 Å². The molecule has 0 saturated carbocycles. The van der Waals surface area contributed by atoms with Crippen molar-refractivity contribution < 1.29 is 32.6 Å². The van der Waals surface area contributed by atoms with E-state index in [9.17, 15) is 22.8 Å². The summed E-state index contributed by atoms with van der Waals surface area (Å²) in [5.41, 5.74) is 6.58. The predicted octanol–water partition coefficient (Wildman–Crippen LogP) is 0.963. The van der Waals surface area contributed by atoms with Crippen LogP contribution in [-0.4, -0.2) is 58.2 Å². The van der Waals surface area contributed by atoms with E-state index in [2.05, 4.69) is 25.6 Å². The molecule has 0 fully saturated rings. The number of nitrogens with two attached hydrogens (primary N) is 2. The molecule has 7 N–H and O–H groups in total. The van der Waals surface area contributed by atoms with Crippen molar-refractivity contribution in [3.8, 4) is 5.75 Å². The molecule has 11 nitrogen and oxygen atoms in total. The lowest BCUT2D eigenvalue weighted by Gasteiger charge is -2.14. The minimum Gasteiger partial charge on any atom is -0.406 e. The molecule has 0 bridgehead atoms. The van der Waals surface area contributed by atoms with Crippen LogP contribution in [0.4, 0.5) is 19.0 Å². The Hall–Kier alpha value is -3.91. The van der Waals surface area contributed by atoms with E-state index >= 15 is 0 Å². The number of carbonyl (C=O) groups is 2. The summed E-state index contributed by atoms with van der Waals surface area (Å²) in [6.07, 6.45) is -1.69. The van der Waals surface area contributed by atoms with Gasteiger partial charge in [0.15, 0.2) is 5.82 Å². The number of aryl methyl sites for hydroxylation is 1. The molecule has 196 valence electrons. The summed E-state index contributed by atoms with van der Waals surface area (Å²) in [6.45, 7) is 0.334. The lowest BCUT2D eigenvalue weighted by Crippen LogP contribution is -2.34. The number of aliphatic hydroxyl groups is 1. The smallest absolute Gasteiger partial charge is 0.406 e. The molecule has 0 aliphatic carbocycles. The van der Waals surface area contributed by atoms with Gasteiger partial charge in [-0.2, -0.15) is 5.10 Å². The molecule has 0 aliphatic rings. The van der Waals surface area contributed by atoms with Gasteiger partial charge in [0.25, 0.3) is 5.91 Å². The number of hydrogen-bond donors (Lipinski definition) is 5. The number of aliphatic hydroxyl groups excluding tert-OH is 1. The minimum atomic E-state index is -4.81. The number of benzene rings is 1. The number of aromatic nitrogens is 2. The summed E-state index contributed by atoms with van der Waals surface area (Å²) in [4.78, 5) is 23.8. The van der Waals surface area contributed by atoms with Crippen LogP contribution < -0.4 is 26.9 Å². The van der Waals surface area contributed by atoms with Gasteiger partial charge in [0.05, 0.1) is 18.7 Å². The number of rotatable bonds is 13. The Kier molecular flexibility index (Phi) is 10.9. The molecule has 2 rings (SSSR count). The van der Waals surface area contributed by atoms with Gasteiger partial charge in [0, 0.05) is 19.3 Å². The van der Waals surface area contributed by atoms with Crippen molar-refractivity contribution in [2.75, 3.05) is 25.0 Å². The van der Waals surface area contributed by atoms with Crippen LogP contribution in [0, 0.1) is 0 Å². The summed E-state index contributed by atoms with van der Waals surface area (Å²) in [6, 6.07) is 8.44. The van der Waals surface area contributed by atoms with Gasteiger partial charge in [-0.05, 0) is 49.1 Å². The molecular formula is C22H28F3N7O4. The minimum absolute atomic E-state index is 0.0724. The van der Waals surface area contributed by atoms with Crippen molar-refractivity contribution >= 4 is 17.6 Å². The van der Waals surface area contributed by atoms with Crippen molar-refractivity contribution in [2.24, 2.45) is 11.6 Å². The van der Waals surface area contributed by atoms with Gasteiger partial charge in [0.2, 0.25) is 5.91 Å². The van der Waals surface area contributed by atoms with E-state index in [1.807, 2.05) is 0 Å². The van der Waals surface area contributed by atoms with E-state index in [4.69, 9.17) is 16.7 Å². The van der Waals surface area contributed by atoms with Crippen LogP contribution >= 0.6 is 0 Å². The molecule has 2 aromatic rings. The maximum atomic E-state index is 12.3. The first-order valence-corrected chi connectivity index (χ1v) is 10.9. The fourth-order valence-electron chi connectivity index (χ4n) is 2.96. The molecule has 0 aliphatic heterocycles. The number of anilines is 1. The van der Waals surface area contributed by atoms with E-state index in [1.54, 1.807) is 12.1 Å². The maximum Gasteiger partial charge on any atom is 0.573 e. The number of unbranched alkanes of at least 4 members (excludes halogenated alkanes) is 1. The number of alkyl halides is 3. The lowest BCUT2D eigenvalue weighted by molar-refractivity contribution is -0.274. The average molecular weight is 512 g/mol. The zero-order chi connectivity index (χ0) is 26.6. The topological polar surface area (TPSA) is 169 Å². The fourth-order valence-corrected chi connectivity index (χ4v) is 2.96. The second-order valence-electron chi connectivity index (χ2n) is 7.59. The molecule has 0 radical (unpaired) electrons. The molecule has 0 atom stereocenters. The number of hydrogen-bond acceptors (Lipinski definition) is 9. The van der Waals surface area contributed by atoms with E-state index in [0.29, 0.717) is 30.6 Å². The van der Waals surface area contributed by atoms with E-state index in [1.165, 1.54) is 23.3 Å². The van der Waals surface area contributed by atoms with Gasteiger partial charge < -0.3 is 31.2 Å².